The van der Waals surface area contributed by atoms with E-state index < -0.39 is 0 Å². The molecule has 0 unspecified atom stereocenters. The molecule has 2 aromatic carbocycles. The summed E-state index contributed by atoms with van der Waals surface area (Å²) in [7, 11) is 0. The number of aromatic nitrogens is 1. The Kier molecular flexibility index (Phi) is 5.60. The van der Waals surface area contributed by atoms with Crippen molar-refractivity contribution in [1.29, 1.82) is 0 Å². The first kappa shape index (κ1) is 19.9. The molecule has 2 N–H and O–H groups in total. The fourth-order valence-corrected chi connectivity index (χ4v) is 4.18. The zero-order chi connectivity index (χ0) is 20.5. The van der Waals surface area contributed by atoms with Crippen LogP contribution in [0.15, 0.2) is 36.4 Å². The van der Waals surface area contributed by atoms with Crippen LogP contribution in [-0.4, -0.2) is 42.3 Å². The van der Waals surface area contributed by atoms with Crippen molar-refractivity contribution in [2.45, 2.75) is 13.8 Å². The van der Waals surface area contributed by atoms with Gasteiger partial charge in [-0.05, 0) is 77.9 Å². The molecule has 1 aliphatic rings. The van der Waals surface area contributed by atoms with E-state index in [-0.39, 0.29) is 11.8 Å². The second kappa shape index (κ2) is 8.16. The van der Waals surface area contributed by atoms with Gasteiger partial charge < -0.3 is 20.1 Å². The fraction of sp³-hybridized carbons (Fsp3) is 0.273. The highest BCUT2D eigenvalue weighted by Gasteiger charge is 2.20. The Labute approximate surface area is 183 Å². The summed E-state index contributed by atoms with van der Waals surface area (Å²) in [6.07, 6.45) is 0. The van der Waals surface area contributed by atoms with Crippen molar-refractivity contribution in [2.75, 3.05) is 36.5 Å². The molecule has 2 heterocycles. The van der Waals surface area contributed by atoms with Gasteiger partial charge in [0.15, 0.2) is 0 Å². The third-order valence-electron chi connectivity index (χ3n) is 5.11. The van der Waals surface area contributed by atoms with Crippen LogP contribution in [0.3, 0.4) is 0 Å². The number of carbonyl (C=O) groups is 1. The van der Waals surface area contributed by atoms with Gasteiger partial charge >= 0.3 is 0 Å². The molecule has 1 amide bonds. The van der Waals surface area contributed by atoms with Gasteiger partial charge in [0.1, 0.15) is 0 Å². The Balaban J connectivity index is 1.69. The van der Waals surface area contributed by atoms with Crippen molar-refractivity contribution in [3.8, 4) is 5.88 Å². The zero-order valence-electron chi connectivity index (χ0n) is 16.3. The second-order valence-electron chi connectivity index (χ2n) is 7.20. The first-order chi connectivity index (χ1) is 13.9. The minimum Gasteiger partial charge on any atom is -0.493 e. The molecular weight excluding hydrogens is 481 g/mol. The van der Waals surface area contributed by atoms with Crippen LogP contribution in [0.1, 0.15) is 21.5 Å². The lowest BCUT2D eigenvalue weighted by molar-refractivity contribution is 0.102. The van der Waals surface area contributed by atoms with E-state index in [4.69, 9.17) is 4.74 Å². The predicted molar refractivity (Wildman–Crippen MR) is 123 cm³/mol. The van der Waals surface area contributed by atoms with Crippen LogP contribution in [0.5, 0.6) is 5.88 Å². The number of aromatic hydroxyl groups is 1. The highest BCUT2D eigenvalue weighted by atomic mass is 127. The molecule has 0 bridgehead atoms. The number of anilines is 2. The molecule has 4 rings (SSSR count). The van der Waals surface area contributed by atoms with Crippen molar-refractivity contribution >= 4 is 50.8 Å². The number of hydrogen-bond donors (Lipinski definition) is 2. The summed E-state index contributed by atoms with van der Waals surface area (Å²) < 4.78 is 6.46. The molecule has 1 aromatic heterocycles. The molecule has 0 radical (unpaired) electrons. The van der Waals surface area contributed by atoms with Crippen LogP contribution >= 0.6 is 22.6 Å². The van der Waals surface area contributed by atoms with Crippen LogP contribution in [0.4, 0.5) is 11.4 Å². The number of fused-ring (bicyclic) bond motifs is 1. The average molecular weight is 503 g/mol. The van der Waals surface area contributed by atoms with Crippen molar-refractivity contribution in [2.24, 2.45) is 0 Å². The number of nitrogens with zero attached hydrogens (tertiary/aromatic N) is 2. The van der Waals surface area contributed by atoms with E-state index in [1.165, 1.54) is 0 Å². The molecule has 0 saturated carbocycles. The monoisotopic (exact) mass is 503 g/mol. The van der Waals surface area contributed by atoms with E-state index >= 15 is 0 Å². The quantitative estimate of drug-likeness (QED) is 0.523. The first-order valence-electron chi connectivity index (χ1n) is 9.47. The number of ether oxygens (including phenoxy) is 1. The number of hydrogen-bond acceptors (Lipinski definition) is 5. The largest absolute Gasteiger partial charge is 0.493 e. The maximum absolute atomic E-state index is 13.2. The molecule has 0 aliphatic carbocycles. The number of morpholine rings is 1. The van der Waals surface area contributed by atoms with Crippen molar-refractivity contribution < 1.29 is 14.6 Å². The number of carbonyl (C=O) groups excluding carboxylic acids is 1. The number of aryl methyl sites for hydroxylation is 2. The topological polar surface area (TPSA) is 74.7 Å². The van der Waals surface area contributed by atoms with Gasteiger partial charge in [0.05, 0.1) is 24.3 Å². The van der Waals surface area contributed by atoms with Crippen molar-refractivity contribution in [1.82, 2.24) is 4.98 Å². The van der Waals surface area contributed by atoms with E-state index in [1.807, 2.05) is 44.2 Å². The maximum atomic E-state index is 13.2. The van der Waals surface area contributed by atoms with E-state index in [0.29, 0.717) is 24.5 Å². The Hall–Kier alpha value is -2.39. The van der Waals surface area contributed by atoms with Crippen molar-refractivity contribution in [3.05, 3.63) is 56.7 Å². The smallest absolute Gasteiger partial charge is 0.257 e. The summed E-state index contributed by atoms with van der Waals surface area (Å²) >= 11 is 2.23. The van der Waals surface area contributed by atoms with Crippen molar-refractivity contribution in [3.63, 3.8) is 0 Å². The Morgan fingerprint density at radius 2 is 1.90 bits per heavy atom. The van der Waals surface area contributed by atoms with Gasteiger partial charge in [0.2, 0.25) is 5.88 Å². The van der Waals surface area contributed by atoms with Crippen LogP contribution in [-0.2, 0) is 4.74 Å². The lowest BCUT2D eigenvalue weighted by Crippen LogP contribution is -2.37. The summed E-state index contributed by atoms with van der Waals surface area (Å²) in [4.78, 5) is 19.6. The molecule has 1 saturated heterocycles. The first-order valence-corrected chi connectivity index (χ1v) is 10.5. The number of nitrogens with one attached hydrogen (secondary N) is 1. The molecular formula is C22H22IN3O3. The van der Waals surface area contributed by atoms with Gasteiger partial charge in [0.25, 0.3) is 5.91 Å². The third-order valence-corrected chi connectivity index (χ3v) is 5.78. The third kappa shape index (κ3) is 4.16. The average Bonchev–Trinajstić information content (AvgIpc) is 2.69. The molecule has 150 valence electrons. The molecule has 0 spiro atoms. The molecule has 6 nitrogen and oxygen atoms in total. The van der Waals surface area contributed by atoms with Gasteiger partial charge in [-0.2, -0.15) is 0 Å². The number of benzene rings is 2. The van der Waals surface area contributed by atoms with Gasteiger partial charge in [-0.1, -0.05) is 0 Å². The summed E-state index contributed by atoms with van der Waals surface area (Å²) in [6, 6.07) is 11.4. The van der Waals surface area contributed by atoms with E-state index in [2.05, 4.69) is 37.8 Å². The normalized spacial score (nSPS) is 14.2. The highest BCUT2D eigenvalue weighted by Crippen LogP contribution is 2.29. The minimum absolute atomic E-state index is 0.00361. The van der Waals surface area contributed by atoms with Crippen LogP contribution in [0.2, 0.25) is 0 Å². The molecule has 3 aromatic rings. The lowest BCUT2D eigenvalue weighted by Gasteiger charge is -2.30. The van der Waals surface area contributed by atoms with Gasteiger partial charge in [-0.15, -0.1) is 0 Å². The van der Waals surface area contributed by atoms with E-state index in [0.717, 1.165) is 44.4 Å². The number of rotatable bonds is 3. The van der Waals surface area contributed by atoms with Crippen LogP contribution < -0.4 is 10.2 Å². The predicted octanol–water partition coefficient (Wildman–Crippen LogP) is 4.25. The second-order valence-corrected chi connectivity index (χ2v) is 8.45. The molecule has 0 atom stereocenters. The zero-order valence-corrected chi connectivity index (χ0v) is 18.5. The summed E-state index contributed by atoms with van der Waals surface area (Å²) in [5.74, 6) is -0.142. The van der Waals surface area contributed by atoms with Gasteiger partial charge in [-0.25, -0.2) is 4.98 Å². The number of amides is 1. The SMILES string of the molecule is Cc1cc(O)nc2c(C)cc(NC(=O)c3cc(I)ccc3N3CCOCC3)cc12. The molecule has 7 heteroatoms. The minimum atomic E-state index is -0.145. The number of halogens is 1. The van der Waals surface area contributed by atoms with Gasteiger partial charge in [0, 0.05) is 39.5 Å². The highest BCUT2D eigenvalue weighted by molar-refractivity contribution is 14.1. The Morgan fingerprint density at radius 1 is 1.14 bits per heavy atom. The summed E-state index contributed by atoms with van der Waals surface area (Å²) in [5, 5.41) is 13.7. The molecule has 29 heavy (non-hydrogen) atoms. The maximum Gasteiger partial charge on any atom is 0.257 e. The van der Waals surface area contributed by atoms with Crippen LogP contribution in [0, 0.1) is 17.4 Å². The lowest BCUT2D eigenvalue weighted by atomic mass is 10.0. The van der Waals surface area contributed by atoms with Gasteiger partial charge in [-0.3, -0.25) is 4.79 Å². The van der Waals surface area contributed by atoms with E-state index in [9.17, 15) is 9.90 Å². The summed E-state index contributed by atoms with van der Waals surface area (Å²) in [6.45, 7) is 6.71. The summed E-state index contributed by atoms with van der Waals surface area (Å²) in [5.41, 5.74) is 4.83. The Morgan fingerprint density at radius 3 is 2.66 bits per heavy atom. The molecule has 1 fully saturated rings. The van der Waals surface area contributed by atoms with Crippen LogP contribution in [0.25, 0.3) is 10.9 Å². The number of pyridine rings is 1. The standard InChI is InChI=1S/C22H22IN3O3/c1-13-10-20(27)25-21-14(2)9-16(12-17(13)21)24-22(28)18-11-15(23)3-4-19(18)26-5-7-29-8-6-26/h3-4,9-12H,5-8H2,1-2H3,(H,24,28)(H,25,27). The Bertz CT molecular complexity index is 1090. The molecule has 1 aliphatic heterocycles. The van der Waals surface area contributed by atoms with E-state index in [1.54, 1.807) is 6.07 Å². The fourth-order valence-electron chi connectivity index (χ4n) is 3.69.